The number of benzene rings is 1. The zero-order valence-corrected chi connectivity index (χ0v) is 17.5. The normalized spacial score (nSPS) is 11.5. The molecule has 2 aromatic heterocycles. The summed E-state index contributed by atoms with van der Waals surface area (Å²) < 4.78 is 9.01. The molecule has 25 heavy (non-hydrogen) atoms. The van der Waals surface area contributed by atoms with Crippen LogP contribution in [0.15, 0.2) is 60.2 Å². The average Bonchev–Trinajstić information content (AvgIpc) is 3.19. The number of aromatic nitrogens is 3. The van der Waals surface area contributed by atoms with E-state index in [2.05, 4.69) is 66.2 Å². The van der Waals surface area contributed by atoms with Gasteiger partial charge >= 0.3 is 0 Å². The fourth-order valence-electron chi connectivity index (χ4n) is 2.12. The first-order valence-electron chi connectivity index (χ1n) is 7.77. The maximum Gasteiger partial charge on any atom is 0.212 e. The van der Waals surface area contributed by atoms with E-state index in [0.29, 0.717) is 10.4 Å². The monoisotopic (exact) mass is 482 g/mol. The second-order valence-corrected chi connectivity index (χ2v) is 7.90. The van der Waals surface area contributed by atoms with Gasteiger partial charge in [0.2, 0.25) is 5.16 Å². The highest BCUT2D eigenvalue weighted by molar-refractivity contribution is 9.10. The van der Waals surface area contributed by atoms with E-state index in [1.165, 1.54) is 5.56 Å². The van der Waals surface area contributed by atoms with E-state index in [0.717, 1.165) is 34.0 Å². The van der Waals surface area contributed by atoms with E-state index in [9.17, 15) is 0 Å². The molecule has 3 rings (SSSR count). The van der Waals surface area contributed by atoms with E-state index in [1.807, 2.05) is 24.3 Å². The molecular formula is C17H16Br2N4OS. The molecule has 0 aliphatic heterocycles. The largest absolute Gasteiger partial charge is 0.448 e. The van der Waals surface area contributed by atoms with E-state index >= 15 is 0 Å². The summed E-state index contributed by atoms with van der Waals surface area (Å²) >= 11 is 8.36. The quantitative estimate of drug-likeness (QED) is 0.327. The van der Waals surface area contributed by atoms with E-state index in [-0.39, 0.29) is 0 Å². The molecule has 3 aromatic rings. The van der Waals surface area contributed by atoms with Crippen molar-refractivity contribution < 1.29 is 4.42 Å². The minimum absolute atomic E-state index is 0.673. The van der Waals surface area contributed by atoms with Gasteiger partial charge in [0.15, 0.2) is 10.5 Å². The van der Waals surface area contributed by atoms with Crippen LogP contribution >= 0.6 is 43.6 Å². The van der Waals surface area contributed by atoms with Gasteiger partial charge in [-0.1, -0.05) is 46.7 Å². The van der Waals surface area contributed by atoms with Crippen LogP contribution in [0.5, 0.6) is 0 Å². The maximum atomic E-state index is 5.46. The zero-order valence-electron chi connectivity index (χ0n) is 13.5. The molecule has 0 bridgehead atoms. The number of halogens is 2. The van der Waals surface area contributed by atoms with Gasteiger partial charge in [-0.25, -0.2) is 0 Å². The van der Waals surface area contributed by atoms with Crippen LogP contribution in [-0.2, 0) is 12.2 Å². The third-order valence-corrected chi connectivity index (χ3v) is 5.27. The average molecular weight is 484 g/mol. The molecule has 0 radical (unpaired) electrons. The van der Waals surface area contributed by atoms with E-state index < -0.39 is 0 Å². The van der Waals surface area contributed by atoms with Gasteiger partial charge in [0.05, 0.1) is 6.21 Å². The standard InChI is InChI=1S/C17H16Br2N4OS/c1-2-3-16-21-22-17(25-11-12-4-6-13(18)7-5-12)23(16)20-10-14-8-9-15(19)24-14/h4-10H,2-3,11H2,1H3/b20-10+. The first kappa shape index (κ1) is 18.4. The molecule has 5 nitrogen and oxygen atoms in total. The molecule has 130 valence electrons. The summed E-state index contributed by atoms with van der Waals surface area (Å²) in [6, 6.07) is 11.9. The van der Waals surface area contributed by atoms with Gasteiger partial charge < -0.3 is 4.42 Å². The Morgan fingerprint density at radius 2 is 1.96 bits per heavy atom. The fraction of sp³-hybridized carbons (Fsp3) is 0.235. The zero-order chi connectivity index (χ0) is 17.6. The van der Waals surface area contributed by atoms with Crippen LogP contribution in [-0.4, -0.2) is 21.1 Å². The predicted octanol–water partition coefficient (Wildman–Crippen LogP) is 5.52. The summed E-state index contributed by atoms with van der Waals surface area (Å²) in [6.07, 6.45) is 3.49. The predicted molar refractivity (Wildman–Crippen MR) is 107 cm³/mol. The molecule has 8 heteroatoms. The highest BCUT2D eigenvalue weighted by atomic mass is 79.9. The number of thioether (sulfide) groups is 1. The van der Waals surface area contributed by atoms with Gasteiger partial charge in [0, 0.05) is 16.6 Å². The second kappa shape index (κ2) is 8.82. The Balaban J connectivity index is 1.78. The van der Waals surface area contributed by atoms with Crippen LogP contribution in [0.2, 0.25) is 0 Å². The summed E-state index contributed by atoms with van der Waals surface area (Å²) in [5.74, 6) is 2.33. The molecule has 0 N–H and O–H groups in total. The van der Waals surface area contributed by atoms with Crippen molar-refractivity contribution in [1.29, 1.82) is 0 Å². The molecular weight excluding hydrogens is 468 g/mol. The molecule has 0 atom stereocenters. The molecule has 0 aliphatic carbocycles. The number of aryl methyl sites for hydroxylation is 1. The van der Waals surface area contributed by atoms with Crippen molar-refractivity contribution in [3.8, 4) is 0 Å². The Bertz CT molecular complexity index is 858. The highest BCUT2D eigenvalue weighted by Gasteiger charge is 2.12. The molecule has 1 aromatic carbocycles. The van der Waals surface area contributed by atoms with E-state index in [4.69, 9.17) is 4.42 Å². The smallest absolute Gasteiger partial charge is 0.212 e. The Kier molecular flexibility index (Phi) is 6.50. The van der Waals surface area contributed by atoms with Gasteiger partial charge in [0.25, 0.3) is 0 Å². The molecule has 0 saturated carbocycles. The van der Waals surface area contributed by atoms with E-state index in [1.54, 1.807) is 22.7 Å². The third-order valence-electron chi connectivity index (χ3n) is 3.33. The van der Waals surface area contributed by atoms with Crippen molar-refractivity contribution in [2.24, 2.45) is 5.10 Å². The van der Waals surface area contributed by atoms with Crippen LogP contribution in [0.3, 0.4) is 0 Å². The summed E-state index contributed by atoms with van der Waals surface area (Å²) in [5, 5.41) is 13.9. The van der Waals surface area contributed by atoms with Crippen LogP contribution in [0.25, 0.3) is 0 Å². The van der Waals surface area contributed by atoms with Crippen LogP contribution in [0, 0.1) is 0 Å². The molecule has 0 fully saturated rings. The van der Waals surface area contributed by atoms with Gasteiger partial charge in [-0.2, -0.15) is 9.78 Å². The second-order valence-electron chi connectivity index (χ2n) is 5.26. The van der Waals surface area contributed by atoms with Gasteiger partial charge in [-0.05, 0) is 52.2 Å². The van der Waals surface area contributed by atoms with Crippen molar-refractivity contribution in [3.05, 3.63) is 62.7 Å². The first-order chi connectivity index (χ1) is 12.2. The molecule has 0 unspecified atom stereocenters. The molecule has 0 spiro atoms. The van der Waals surface area contributed by atoms with Gasteiger partial charge in [-0.3, -0.25) is 0 Å². The number of hydrogen-bond acceptors (Lipinski definition) is 5. The lowest BCUT2D eigenvalue weighted by Crippen LogP contribution is -2.00. The highest BCUT2D eigenvalue weighted by Crippen LogP contribution is 2.23. The van der Waals surface area contributed by atoms with Crippen molar-refractivity contribution >= 4 is 49.8 Å². The number of hydrogen-bond donors (Lipinski definition) is 0. The van der Waals surface area contributed by atoms with Gasteiger partial charge in [-0.15, -0.1) is 10.2 Å². The van der Waals surface area contributed by atoms with Crippen molar-refractivity contribution in [2.75, 3.05) is 0 Å². The van der Waals surface area contributed by atoms with Crippen molar-refractivity contribution in [1.82, 2.24) is 14.9 Å². The molecule has 0 aliphatic rings. The minimum Gasteiger partial charge on any atom is -0.448 e. The first-order valence-corrected chi connectivity index (χ1v) is 10.3. The fourth-order valence-corrected chi connectivity index (χ4v) is 3.57. The summed E-state index contributed by atoms with van der Waals surface area (Å²) in [4.78, 5) is 0. The van der Waals surface area contributed by atoms with Crippen molar-refractivity contribution in [3.63, 3.8) is 0 Å². The minimum atomic E-state index is 0.673. The van der Waals surface area contributed by atoms with Crippen molar-refractivity contribution in [2.45, 2.75) is 30.7 Å². The number of furan rings is 1. The van der Waals surface area contributed by atoms with Crippen LogP contribution in [0.1, 0.15) is 30.5 Å². The molecule has 2 heterocycles. The SMILES string of the molecule is CCCc1nnc(SCc2ccc(Br)cc2)n1/N=C/c1ccc(Br)o1. The summed E-state index contributed by atoms with van der Waals surface area (Å²) in [7, 11) is 0. The Morgan fingerprint density at radius 3 is 2.64 bits per heavy atom. The lowest BCUT2D eigenvalue weighted by Gasteiger charge is -2.04. The Labute approximate surface area is 167 Å². The summed E-state index contributed by atoms with van der Waals surface area (Å²) in [6.45, 7) is 2.11. The molecule has 0 saturated heterocycles. The maximum absolute atomic E-state index is 5.46. The van der Waals surface area contributed by atoms with Crippen LogP contribution in [0.4, 0.5) is 0 Å². The third kappa shape index (κ3) is 5.05. The Morgan fingerprint density at radius 1 is 1.16 bits per heavy atom. The molecule has 0 amide bonds. The van der Waals surface area contributed by atoms with Crippen LogP contribution < -0.4 is 0 Å². The summed E-state index contributed by atoms with van der Waals surface area (Å²) in [5.41, 5.74) is 1.22. The lowest BCUT2D eigenvalue weighted by molar-refractivity contribution is 0.533. The number of nitrogens with zero attached hydrogens (tertiary/aromatic N) is 4. The topological polar surface area (TPSA) is 56.2 Å². The lowest BCUT2D eigenvalue weighted by atomic mass is 10.2. The Hall–Kier alpha value is -1.38. The number of rotatable bonds is 7. The van der Waals surface area contributed by atoms with Gasteiger partial charge in [0.1, 0.15) is 5.76 Å².